The van der Waals surface area contributed by atoms with E-state index in [9.17, 15) is 0 Å². The van der Waals surface area contributed by atoms with E-state index >= 15 is 0 Å². The smallest absolute Gasteiger partial charge is 0.329 e. The zero-order valence-electron chi connectivity index (χ0n) is 8.48. The average molecular weight is 260 g/mol. The predicted octanol–water partition coefficient (Wildman–Crippen LogP) is 2.01. The summed E-state index contributed by atoms with van der Waals surface area (Å²) in [5.41, 5.74) is 0.946. The van der Waals surface area contributed by atoms with Gasteiger partial charge >= 0.3 is 6.01 Å². The third kappa shape index (κ3) is 2.40. The zero-order chi connectivity index (χ0) is 11.7. The van der Waals surface area contributed by atoms with Crippen LogP contribution in [-0.2, 0) is 7.05 Å². The van der Waals surface area contributed by atoms with Crippen molar-refractivity contribution < 1.29 is 4.74 Å². The van der Waals surface area contributed by atoms with Crippen molar-refractivity contribution in [3.8, 4) is 11.9 Å². The van der Waals surface area contributed by atoms with Crippen LogP contribution < -0.4 is 4.74 Å². The van der Waals surface area contributed by atoms with Gasteiger partial charge in [0, 0.05) is 18.8 Å². The summed E-state index contributed by atoms with van der Waals surface area (Å²) in [6.07, 6.45) is 0. The maximum atomic E-state index is 5.60. The fourth-order valence-corrected chi connectivity index (χ4v) is 1.37. The van der Waals surface area contributed by atoms with Gasteiger partial charge in [-0.15, -0.1) is 5.10 Å². The Kier molecular flexibility index (Phi) is 2.93. The summed E-state index contributed by atoms with van der Waals surface area (Å²) >= 11 is 11.2. The molecule has 0 saturated heterocycles. The molecule has 0 N–H and O–H groups in total. The van der Waals surface area contributed by atoms with Gasteiger partial charge in [-0.25, -0.2) is 0 Å². The van der Waals surface area contributed by atoms with Crippen molar-refractivity contribution in [2.75, 3.05) is 0 Å². The third-order valence-corrected chi connectivity index (χ3v) is 2.19. The third-order valence-electron chi connectivity index (χ3n) is 1.85. The molecular formula is C8H7Cl2N5O. The molecule has 0 unspecified atom stereocenters. The maximum Gasteiger partial charge on any atom is 0.329 e. The average Bonchev–Trinajstić information content (AvgIpc) is 2.43. The molecule has 2 heterocycles. The van der Waals surface area contributed by atoms with Crippen LogP contribution >= 0.6 is 23.2 Å². The van der Waals surface area contributed by atoms with E-state index in [2.05, 4.69) is 20.1 Å². The minimum atomic E-state index is -0.0253. The van der Waals surface area contributed by atoms with Gasteiger partial charge in [-0.1, -0.05) is 0 Å². The Hall–Kier alpha value is -1.40. The van der Waals surface area contributed by atoms with Crippen molar-refractivity contribution in [3.63, 3.8) is 0 Å². The van der Waals surface area contributed by atoms with E-state index in [-0.39, 0.29) is 16.6 Å². The lowest BCUT2D eigenvalue weighted by Gasteiger charge is -1.99. The second-order valence-electron chi connectivity index (χ2n) is 3.01. The highest BCUT2D eigenvalue weighted by molar-refractivity contribution is 6.31. The number of ether oxygens (including phenoxy) is 1. The molecule has 0 aromatic carbocycles. The van der Waals surface area contributed by atoms with Crippen LogP contribution in [-0.4, -0.2) is 24.7 Å². The lowest BCUT2D eigenvalue weighted by molar-refractivity contribution is 0.416. The van der Waals surface area contributed by atoms with Crippen LogP contribution in [0.5, 0.6) is 11.9 Å². The lowest BCUT2D eigenvalue weighted by atomic mass is 10.5. The lowest BCUT2D eigenvalue weighted by Crippen LogP contribution is -1.96. The Morgan fingerprint density at radius 2 is 1.81 bits per heavy atom. The molecule has 0 radical (unpaired) electrons. The molecule has 8 heteroatoms. The first-order chi connectivity index (χ1) is 7.54. The van der Waals surface area contributed by atoms with Crippen LogP contribution in [0.3, 0.4) is 0 Å². The van der Waals surface area contributed by atoms with Crippen LogP contribution in [0.4, 0.5) is 0 Å². The Balaban J connectivity index is 2.26. The Bertz CT molecular complexity index is 487. The molecule has 0 aliphatic carbocycles. The van der Waals surface area contributed by atoms with E-state index in [0.717, 1.165) is 5.69 Å². The van der Waals surface area contributed by atoms with E-state index < -0.39 is 0 Å². The normalized spacial score (nSPS) is 10.5. The standard InChI is InChI=1S/C8H7Cl2N5O/c1-4-3-5(14-15(4)2)16-8-12-6(9)11-7(10)13-8/h3H,1-2H3. The number of aryl methyl sites for hydroxylation is 2. The molecule has 0 spiro atoms. The summed E-state index contributed by atoms with van der Waals surface area (Å²) in [6.45, 7) is 1.90. The van der Waals surface area contributed by atoms with Crippen LogP contribution in [0.2, 0.25) is 10.6 Å². The van der Waals surface area contributed by atoms with Gasteiger partial charge in [0.1, 0.15) is 0 Å². The molecule has 2 rings (SSSR count). The molecule has 0 aliphatic rings. The molecular weight excluding hydrogens is 253 g/mol. The minimum Gasteiger partial charge on any atom is -0.403 e. The molecule has 0 aliphatic heterocycles. The van der Waals surface area contributed by atoms with E-state index in [0.29, 0.717) is 5.88 Å². The topological polar surface area (TPSA) is 65.7 Å². The molecule has 2 aromatic rings. The first-order valence-electron chi connectivity index (χ1n) is 4.30. The van der Waals surface area contributed by atoms with Gasteiger partial charge in [0.15, 0.2) is 0 Å². The summed E-state index contributed by atoms with van der Waals surface area (Å²) in [5.74, 6) is 0.373. The molecule has 0 saturated carbocycles. The van der Waals surface area contributed by atoms with Crippen molar-refractivity contribution >= 4 is 23.2 Å². The van der Waals surface area contributed by atoms with Crippen molar-refractivity contribution in [1.82, 2.24) is 24.7 Å². The summed E-state index contributed by atoms with van der Waals surface area (Å²) in [4.78, 5) is 11.1. The number of rotatable bonds is 2. The summed E-state index contributed by atoms with van der Waals surface area (Å²) in [7, 11) is 1.80. The van der Waals surface area contributed by atoms with Crippen LogP contribution in [0.1, 0.15) is 5.69 Å². The van der Waals surface area contributed by atoms with Gasteiger partial charge in [0.2, 0.25) is 16.4 Å². The molecule has 0 fully saturated rings. The zero-order valence-corrected chi connectivity index (χ0v) is 9.99. The molecule has 0 amide bonds. The van der Waals surface area contributed by atoms with Gasteiger partial charge in [-0.3, -0.25) is 4.68 Å². The Morgan fingerprint density at radius 1 is 1.19 bits per heavy atom. The first kappa shape index (κ1) is 11.1. The molecule has 2 aromatic heterocycles. The quantitative estimate of drug-likeness (QED) is 0.826. The highest BCUT2D eigenvalue weighted by atomic mass is 35.5. The summed E-state index contributed by atoms with van der Waals surface area (Å²) in [5, 5.41) is 4.02. The van der Waals surface area contributed by atoms with Crippen molar-refractivity contribution in [2.45, 2.75) is 6.92 Å². The molecule has 0 atom stereocenters. The number of aromatic nitrogens is 5. The fourth-order valence-electron chi connectivity index (χ4n) is 1.03. The van der Waals surface area contributed by atoms with Gasteiger partial charge in [-0.2, -0.15) is 15.0 Å². The number of nitrogens with zero attached hydrogens (tertiary/aromatic N) is 5. The molecule has 6 nitrogen and oxygen atoms in total. The first-order valence-corrected chi connectivity index (χ1v) is 5.06. The minimum absolute atomic E-state index is 0.0168. The van der Waals surface area contributed by atoms with Gasteiger partial charge in [0.05, 0.1) is 0 Å². The SMILES string of the molecule is Cc1cc(Oc2nc(Cl)nc(Cl)n2)nn1C. The van der Waals surface area contributed by atoms with Crippen LogP contribution in [0.25, 0.3) is 0 Å². The highest BCUT2D eigenvalue weighted by Gasteiger charge is 2.08. The maximum absolute atomic E-state index is 5.60. The van der Waals surface area contributed by atoms with E-state index in [1.807, 2.05) is 6.92 Å². The predicted molar refractivity (Wildman–Crippen MR) is 57.9 cm³/mol. The summed E-state index contributed by atoms with van der Waals surface area (Å²) in [6, 6.07) is 1.76. The van der Waals surface area contributed by atoms with Crippen LogP contribution in [0.15, 0.2) is 6.07 Å². The monoisotopic (exact) mass is 259 g/mol. The van der Waals surface area contributed by atoms with Crippen molar-refractivity contribution in [2.24, 2.45) is 7.05 Å². The largest absolute Gasteiger partial charge is 0.403 e. The number of hydrogen-bond donors (Lipinski definition) is 0. The Labute approximate surface area is 101 Å². The number of halogens is 2. The summed E-state index contributed by atoms with van der Waals surface area (Å²) < 4.78 is 6.95. The van der Waals surface area contributed by atoms with E-state index in [1.54, 1.807) is 17.8 Å². The van der Waals surface area contributed by atoms with Crippen molar-refractivity contribution in [3.05, 3.63) is 22.3 Å². The molecule has 0 bridgehead atoms. The highest BCUT2D eigenvalue weighted by Crippen LogP contribution is 2.19. The Morgan fingerprint density at radius 3 is 2.31 bits per heavy atom. The second-order valence-corrected chi connectivity index (χ2v) is 3.68. The van der Waals surface area contributed by atoms with Crippen LogP contribution in [0, 0.1) is 6.92 Å². The molecule has 84 valence electrons. The van der Waals surface area contributed by atoms with Gasteiger partial charge in [-0.05, 0) is 30.1 Å². The van der Waals surface area contributed by atoms with E-state index in [4.69, 9.17) is 27.9 Å². The fraction of sp³-hybridized carbons (Fsp3) is 0.250. The van der Waals surface area contributed by atoms with E-state index in [1.165, 1.54) is 0 Å². The number of hydrogen-bond acceptors (Lipinski definition) is 5. The second kappa shape index (κ2) is 4.23. The van der Waals surface area contributed by atoms with Gasteiger partial charge in [0.25, 0.3) is 0 Å². The van der Waals surface area contributed by atoms with Gasteiger partial charge < -0.3 is 4.74 Å². The van der Waals surface area contributed by atoms with Crippen molar-refractivity contribution in [1.29, 1.82) is 0 Å². The molecule has 16 heavy (non-hydrogen) atoms.